The van der Waals surface area contributed by atoms with Crippen LogP contribution >= 0.6 is 0 Å². The molecule has 0 aliphatic carbocycles. The van der Waals surface area contributed by atoms with Gasteiger partial charge in [0, 0.05) is 22.3 Å². The molecule has 2 aromatic carbocycles. The molecule has 1 aliphatic heterocycles. The Hall–Kier alpha value is -1.90. The summed E-state index contributed by atoms with van der Waals surface area (Å²) in [5, 5.41) is 0. The molecule has 1 heterocycles. The van der Waals surface area contributed by atoms with Gasteiger partial charge in [0.15, 0.2) is 0 Å². The van der Waals surface area contributed by atoms with Crippen LogP contribution in [0.5, 0.6) is 0 Å². The number of rotatable bonds is 28. The summed E-state index contributed by atoms with van der Waals surface area (Å²) >= 11 is 0.686. The molecule has 5 heteroatoms. The summed E-state index contributed by atoms with van der Waals surface area (Å²) in [5.74, 6) is 0. The molecule has 0 N–H and O–H groups in total. The van der Waals surface area contributed by atoms with Crippen LogP contribution in [-0.2, 0) is 44.2 Å². The van der Waals surface area contributed by atoms with Gasteiger partial charge in [-0.15, -0.1) is 0 Å². The first-order chi connectivity index (χ1) is 26.8. The Labute approximate surface area is 350 Å². The van der Waals surface area contributed by atoms with E-state index in [9.17, 15) is 5.53 Å². The summed E-state index contributed by atoms with van der Waals surface area (Å²) < 4.78 is 6.61. The van der Waals surface area contributed by atoms with E-state index in [4.69, 9.17) is 0 Å². The van der Waals surface area contributed by atoms with Crippen molar-refractivity contribution in [3.05, 3.63) is 86.5 Å². The monoisotopic (exact) mass is 847 g/mol. The number of unbranched alkanes of at least 4 members (excludes halogenated alkanes) is 8. The van der Waals surface area contributed by atoms with E-state index < -0.39 is 0 Å². The average Bonchev–Trinajstić information content (AvgIpc) is 3.48. The molecular formula is C50H84N4Pd. The van der Waals surface area contributed by atoms with E-state index in [1.807, 2.05) is 0 Å². The normalized spacial score (nSPS) is 13.2. The summed E-state index contributed by atoms with van der Waals surface area (Å²) in [7, 11) is 0. The second-order valence-corrected chi connectivity index (χ2v) is 17.8. The Morgan fingerprint density at radius 2 is 0.691 bits per heavy atom. The quantitative estimate of drug-likeness (QED) is 0.0485. The number of hydrogen-bond acceptors (Lipinski definition) is 2. The Kier molecular flexibility index (Phi) is 26.3. The van der Waals surface area contributed by atoms with Crippen molar-refractivity contribution in [1.29, 1.82) is 0 Å². The van der Waals surface area contributed by atoms with E-state index in [0.717, 1.165) is 75.6 Å². The fourth-order valence-corrected chi connectivity index (χ4v) is 9.04. The molecule has 0 radical (unpaired) electrons. The molecule has 0 unspecified atom stereocenters. The zero-order valence-corrected chi connectivity index (χ0v) is 39.1. The molecule has 0 saturated heterocycles. The van der Waals surface area contributed by atoms with Crippen LogP contribution in [0, 0.1) is 0 Å². The van der Waals surface area contributed by atoms with Crippen molar-refractivity contribution in [3.63, 3.8) is 0 Å². The van der Waals surface area contributed by atoms with Crippen molar-refractivity contribution in [2.24, 2.45) is 0 Å². The average molecular weight is 848 g/mol. The molecule has 0 bridgehead atoms. The summed E-state index contributed by atoms with van der Waals surface area (Å²) in [6, 6.07) is 14.5. The first-order valence-corrected chi connectivity index (χ1v) is 24.5. The maximum absolute atomic E-state index is 12.4. The second kappa shape index (κ2) is 29.3. The minimum atomic E-state index is 0.686. The molecule has 1 aliphatic rings. The Morgan fingerprint density at radius 1 is 0.400 bits per heavy atom. The van der Waals surface area contributed by atoms with Crippen LogP contribution in [0.2, 0.25) is 0 Å². The van der Waals surface area contributed by atoms with E-state index in [1.54, 1.807) is 4.70 Å². The predicted molar refractivity (Wildman–Crippen MR) is 239 cm³/mol. The SMILES string of the molecule is CCCCCc1cc(CCCCC)cc(C2=C(CCCC)C(CCCC)=C(c3cc(CCCC)cc(CCCC)c3)[N+]2=[N-])c1.CC[N](CC)[Pd][N](CC)CC. The van der Waals surface area contributed by atoms with Gasteiger partial charge in [0.2, 0.25) is 11.4 Å². The standard InChI is InChI=1S/C42H64N2.2C4H10N.Pd/c1-7-13-19-23-35-28-36(24-20-14-8-2)32-38(31-35)42-40(26-18-12-6)39(25-17-11-5)41(44(42)43)37-29-33(21-15-9-3)27-34(30-37)22-16-10-4;2*1-3-5-4-2;/h27-32H,7-26H2,1-6H3;2*3-4H2,1-2H3;/q;2*-1;+2. The molecule has 0 spiro atoms. The Balaban J connectivity index is 0.000000823. The third-order valence-electron chi connectivity index (χ3n) is 10.8. The number of benzene rings is 2. The zero-order valence-electron chi connectivity index (χ0n) is 37.5. The van der Waals surface area contributed by atoms with Crippen molar-refractivity contribution in [3.8, 4) is 0 Å². The summed E-state index contributed by atoms with van der Waals surface area (Å²) in [4.78, 5) is 0. The molecule has 3 rings (SSSR count). The van der Waals surface area contributed by atoms with E-state index in [0.29, 0.717) is 18.5 Å². The van der Waals surface area contributed by atoms with E-state index in [2.05, 4.69) is 113 Å². The third kappa shape index (κ3) is 16.8. The number of aryl methyl sites for hydroxylation is 4. The summed E-state index contributed by atoms with van der Waals surface area (Å²) in [6.45, 7) is 27.4. The molecule has 0 fully saturated rings. The van der Waals surface area contributed by atoms with Gasteiger partial charge in [-0.25, -0.2) is 4.70 Å². The molecular weight excluding hydrogens is 763 g/mol. The summed E-state index contributed by atoms with van der Waals surface area (Å²) in [6.07, 6.45) is 23.4. The van der Waals surface area contributed by atoms with Crippen molar-refractivity contribution < 1.29 is 23.2 Å². The number of nitrogens with zero attached hydrogens (tertiary/aromatic N) is 4. The van der Waals surface area contributed by atoms with Gasteiger partial charge in [-0.2, -0.15) is 0 Å². The predicted octanol–water partition coefficient (Wildman–Crippen LogP) is 15.0. The molecule has 0 atom stereocenters. The van der Waals surface area contributed by atoms with Gasteiger partial charge < -0.3 is 5.53 Å². The third-order valence-corrected chi connectivity index (χ3v) is 13.7. The van der Waals surface area contributed by atoms with E-state index >= 15 is 0 Å². The molecule has 55 heavy (non-hydrogen) atoms. The van der Waals surface area contributed by atoms with Crippen LogP contribution in [0.25, 0.3) is 16.9 Å². The molecule has 0 aromatic heterocycles. The first kappa shape index (κ1) is 49.2. The second-order valence-electron chi connectivity index (χ2n) is 15.5. The van der Waals surface area contributed by atoms with Gasteiger partial charge in [0.25, 0.3) is 0 Å². The fourth-order valence-electron chi connectivity index (χ4n) is 7.54. The molecule has 0 amide bonds. The van der Waals surface area contributed by atoms with Crippen LogP contribution in [0.4, 0.5) is 0 Å². The van der Waals surface area contributed by atoms with Gasteiger partial charge in [-0.3, -0.25) is 0 Å². The van der Waals surface area contributed by atoms with Gasteiger partial charge in [-0.05, 0) is 124 Å². The van der Waals surface area contributed by atoms with Crippen molar-refractivity contribution in [2.75, 3.05) is 26.2 Å². The maximum atomic E-state index is 12.4. The van der Waals surface area contributed by atoms with Crippen molar-refractivity contribution in [2.45, 2.75) is 198 Å². The Bertz CT molecular complexity index is 1370. The van der Waals surface area contributed by atoms with Crippen LogP contribution < -0.4 is 0 Å². The number of hydrogen-bond donors (Lipinski definition) is 0. The van der Waals surface area contributed by atoms with Gasteiger partial charge in [0.1, 0.15) is 0 Å². The first-order valence-electron chi connectivity index (χ1n) is 23.1. The zero-order chi connectivity index (χ0) is 40.4. The summed E-state index contributed by atoms with van der Waals surface area (Å²) in [5.41, 5.74) is 25.4. The van der Waals surface area contributed by atoms with E-state index in [-0.39, 0.29) is 0 Å². The van der Waals surface area contributed by atoms with Crippen LogP contribution in [0.1, 0.15) is 205 Å². The molecule has 0 saturated carbocycles. The van der Waals surface area contributed by atoms with Crippen LogP contribution in [-0.4, -0.2) is 37.9 Å². The van der Waals surface area contributed by atoms with Crippen molar-refractivity contribution >= 4 is 11.4 Å². The molecule has 314 valence electrons. The van der Waals surface area contributed by atoms with Crippen molar-refractivity contribution in [1.82, 2.24) is 7.07 Å². The molecule has 2 aromatic rings. The van der Waals surface area contributed by atoms with Gasteiger partial charge >= 0.3 is 79.4 Å². The molecule has 4 nitrogen and oxygen atoms in total. The Morgan fingerprint density at radius 3 is 0.982 bits per heavy atom. The van der Waals surface area contributed by atoms with Crippen LogP contribution in [0.15, 0.2) is 47.5 Å². The number of allylic oxidation sites excluding steroid dienone is 2. The fraction of sp³-hybridized carbons (Fsp3) is 0.680. The topological polar surface area (TPSA) is 31.8 Å². The van der Waals surface area contributed by atoms with Gasteiger partial charge in [0.05, 0.1) is 0 Å². The van der Waals surface area contributed by atoms with Crippen LogP contribution in [0.3, 0.4) is 0 Å². The minimum absolute atomic E-state index is 0.686. The van der Waals surface area contributed by atoms with Gasteiger partial charge in [-0.1, -0.05) is 105 Å². The van der Waals surface area contributed by atoms with E-state index in [1.165, 1.54) is 135 Å².